The third kappa shape index (κ3) is 4.20. The zero-order valence-corrected chi connectivity index (χ0v) is 18.3. The Morgan fingerprint density at radius 1 is 1.28 bits per heavy atom. The van der Waals surface area contributed by atoms with Gasteiger partial charge < -0.3 is 15.2 Å². The van der Waals surface area contributed by atoms with Crippen molar-refractivity contribution in [3.63, 3.8) is 0 Å². The fraction of sp³-hybridized carbons (Fsp3) is 0.667. The zero-order chi connectivity index (χ0) is 21.3. The molecule has 1 saturated heterocycles. The fourth-order valence-corrected chi connectivity index (χ4v) is 5.29. The van der Waals surface area contributed by atoms with Crippen LogP contribution in [0.3, 0.4) is 0 Å². The highest BCUT2D eigenvalue weighted by Crippen LogP contribution is 2.50. The maximum atomic E-state index is 13.4. The second kappa shape index (κ2) is 8.47. The van der Waals surface area contributed by atoms with Crippen LogP contribution in [0.4, 0.5) is 0 Å². The average Bonchev–Trinajstić information content (AvgIpc) is 2.89. The lowest BCUT2D eigenvalue weighted by Crippen LogP contribution is -2.56. The first kappa shape index (κ1) is 21.8. The molecule has 5 nitrogen and oxygen atoms in total. The van der Waals surface area contributed by atoms with Gasteiger partial charge in [-0.15, -0.1) is 0 Å². The number of hydrogen-bond donors (Lipinski definition) is 2. The molecule has 160 valence electrons. The van der Waals surface area contributed by atoms with Crippen molar-refractivity contribution >= 4 is 11.9 Å². The molecule has 2 N–H and O–H groups in total. The molecule has 0 saturated carbocycles. The van der Waals surface area contributed by atoms with Crippen LogP contribution in [0, 0.1) is 23.7 Å². The van der Waals surface area contributed by atoms with E-state index in [-0.39, 0.29) is 29.7 Å². The van der Waals surface area contributed by atoms with E-state index in [1.165, 1.54) is 17.7 Å². The fourth-order valence-electron chi connectivity index (χ4n) is 5.29. The summed E-state index contributed by atoms with van der Waals surface area (Å²) in [5, 5.41) is 13.3. The Hall–Kier alpha value is -1.88. The molecule has 1 amide bonds. The smallest absolute Gasteiger partial charge is 0.331 e. The van der Waals surface area contributed by atoms with E-state index >= 15 is 0 Å². The number of rotatable bonds is 2. The first-order valence-electron chi connectivity index (χ1n) is 10.9. The van der Waals surface area contributed by atoms with Crippen molar-refractivity contribution in [2.45, 2.75) is 78.0 Å². The number of carbonyl (C=O) groups excluding carboxylic acids is 2. The van der Waals surface area contributed by atoms with Gasteiger partial charge in [0, 0.05) is 24.0 Å². The number of aliphatic hydroxyl groups excluding tert-OH is 1. The van der Waals surface area contributed by atoms with E-state index in [0.29, 0.717) is 12.3 Å². The van der Waals surface area contributed by atoms with Gasteiger partial charge in [-0.25, -0.2) is 4.79 Å². The van der Waals surface area contributed by atoms with Gasteiger partial charge in [0.05, 0.1) is 6.10 Å². The van der Waals surface area contributed by atoms with E-state index in [1.54, 1.807) is 0 Å². The first-order valence-corrected chi connectivity index (χ1v) is 10.9. The minimum Gasteiger partial charge on any atom is -0.444 e. The van der Waals surface area contributed by atoms with Gasteiger partial charge in [-0.05, 0) is 57.4 Å². The van der Waals surface area contributed by atoms with Crippen LogP contribution in [-0.4, -0.2) is 34.7 Å². The topological polar surface area (TPSA) is 75.6 Å². The van der Waals surface area contributed by atoms with Gasteiger partial charge in [-0.3, -0.25) is 4.79 Å². The minimum absolute atomic E-state index is 0.0346. The van der Waals surface area contributed by atoms with Crippen LogP contribution in [0.25, 0.3) is 0 Å². The summed E-state index contributed by atoms with van der Waals surface area (Å²) in [6.45, 7) is 10.6. The molecule has 1 fully saturated rings. The minimum atomic E-state index is -1.24. The number of aliphatic hydroxyl groups is 1. The van der Waals surface area contributed by atoms with Gasteiger partial charge in [-0.1, -0.05) is 44.1 Å². The summed E-state index contributed by atoms with van der Waals surface area (Å²) in [7, 11) is 0. The van der Waals surface area contributed by atoms with Gasteiger partial charge >= 0.3 is 5.97 Å². The number of nitrogens with one attached hydrogen (secondary N) is 1. The maximum Gasteiger partial charge on any atom is 0.331 e. The van der Waals surface area contributed by atoms with E-state index < -0.39 is 17.7 Å². The Balaban J connectivity index is 2.13. The van der Waals surface area contributed by atoms with Crippen LogP contribution >= 0.6 is 0 Å². The number of ether oxygens (including phenoxy) is 1. The first-order chi connectivity index (χ1) is 13.6. The van der Waals surface area contributed by atoms with Crippen molar-refractivity contribution in [2.24, 2.45) is 23.7 Å². The van der Waals surface area contributed by atoms with Gasteiger partial charge in [0.1, 0.15) is 0 Å². The van der Waals surface area contributed by atoms with Crippen molar-refractivity contribution in [1.29, 1.82) is 0 Å². The zero-order valence-electron chi connectivity index (χ0n) is 18.3. The number of hydrogen-bond acceptors (Lipinski definition) is 4. The third-order valence-corrected chi connectivity index (χ3v) is 6.78. The van der Waals surface area contributed by atoms with E-state index in [2.05, 4.69) is 52.1 Å². The highest BCUT2D eigenvalue weighted by Gasteiger charge is 2.64. The van der Waals surface area contributed by atoms with Crippen LogP contribution in [0.2, 0.25) is 0 Å². The number of carbonyl (C=O) groups is 2. The summed E-state index contributed by atoms with van der Waals surface area (Å²) in [6.07, 6.45) is 9.40. The third-order valence-electron chi connectivity index (χ3n) is 6.78. The highest BCUT2D eigenvalue weighted by molar-refractivity contribution is 5.94. The number of allylic oxidation sites excluding steroid dienone is 2. The molecule has 3 rings (SSSR count). The Bertz CT molecular complexity index is 750. The largest absolute Gasteiger partial charge is 0.444 e. The Labute approximate surface area is 174 Å². The summed E-state index contributed by atoms with van der Waals surface area (Å²) < 4.78 is 6.04. The summed E-state index contributed by atoms with van der Waals surface area (Å²) in [5.74, 6) is -0.632. The normalized spacial score (nSPS) is 41.0. The summed E-state index contributed by atoms with van der Waals surface area (Å²) in [4.78, 5) is 26.2. The van der Waals surface area contributed by atoms with E-state index in [9.17, 15) is 14.7 Å². The molecule has 0 aromatic rings. The second-order valence-corrected chi connectivity index (χ2v) is 9.51. The molecule has 0 aromatic heterocycles. The summed E-state index contributed by atoms with van der Waals surface area (Å²) in [6, 6.07) is -0.0346. The molecule has 0 aromatic carbocycles. The molecule has 2 heterocycles. The van der Waals surface area contributed by atoms with Crippen LogP contribution < -0.4 is 5.32 Å². The van der Waals surface area contributed by atoms with E-state index in [1.807, 2.05) is 0 Å². The van der Waals surface area contributed by atoms with Crippen molar-refractivity contribution in [3.05, 3.63) is 35.5 Å². The molecule has 3 aliphatic rings. The molecular formula is C24H35NO4. The molecule has 0 unspecified atom stereocenters. The Morgan fingerprint density at radius 3 is 2.69 bits per heavy atom. The average molecular weight is 402 g/mol. The van der Waals surface area contributed by atoms with Crippen LogP contribution in [0.1, 0.15) is 60.3 Å². The monoisotopic (exact) mass is 401 g/mol. The highest BCUT2D eigenvalue weighted by atomic mass is 16.6. The predicted molar refractivity (Wildman–Crippen MR) is 113 cm³/mol. The van der Waals surface area contributed by atoms with Crippen LogP contribution in [0.15, 0.2) is 35.5 Å². The molecular weight excluding hydrogens is 366 g/mol. The number of esters is 1. The van der Waals surface area contributed by atoms with Gasteiger partial charge in [-0.2, -0.15) is 0 Å². The molecule has 5 heteroatoms. The van der Waals surface area contributed by atoms with Crippen molar-refractivity contribution in [1.82, 2.24) is 5.32 Å². The summed E-state index contributed by atoms with van der Waals surface area (Å²) >= 11 is 0. The molecule has 1 spiro atoms. The lowest BCUT2D eigenvalue weighted by molar-refractivity contribution is -0.172. The second-order valence-electron chi connectivity index (χ2n) is 9.51. The lowest BCUT2D eigenvalue weighted by Gasteiger charge is -2.45. The van der Waals surface area contributed by atoms with E-state index in [0.717, 1.165) is 24.8 Å². The maximum absolute atomic E-state index is 13.4. The quantitative estimate of drug-likeness (QED) is 0.547. The molecule has 1 aliphatic carbocycles. The van der Waals surface area contributed by atoms with Gasteiger partial charge in [0.25, 0.3) is 5.91 Å². The standard InChI is InChI=1S/C24H35NO4/c1-14(2)11-20-22-17(5)16(4)13-18-12-15(3)7-6-8-19(26)9-10-21(27)29-24(18,22)23(28)25-20/h9-10,12-14,17-20,22,26H,6-8,11H2,1-5H3,(H,25,28)/b10-9+,15-12+/t17-,18-,19-,20+,22-,24+/m0/s1. The SMILES string of the molecule is CC1=C[C@@H]2/C=C(\C)CCC[C@H](O)/C=C/C(=O)O[C@]23C(=O)N[C@H](CC(C)C)[C@@H]3[C@H]1C. The Kier molecular flexibility index (Phi) is 6.37. The molecule has 0 radical (unpaired) electrons. The van der Waals surface area contributed by atoms with Gasteiger partial charge in [0.15, 0.2) is 0 Å². The van der Waals surface area contributed by atoms with E-state index in [4.69, 9.17) is 4.74 Å². The predicted octanol–water partition coefficient (Wildman–Crippen LogP) is 3.69. The van der Waals surface area contributed by atoms with Crippen LogP contribution in [-0.2, 0) is 14.3 Å². The molecule has 2 aliphatic heterocycles. The van der Waals surface area contributed by atoms with Crippen molar-refractivity contribution < 1.29 is 19.4 Å². The van der Waals surface area contributed by atoms with Gasteiger partial charge in [0.2, 0.25) is 5.60 Å². The number of amides is 1. The lowest BCUT2D eigenvalue weighted by atomic mass is 9.63. The molecule has 0 bridgehead atoms. The van der Waals surface area contributed by atoms with Crippen LogP contribution in [0.5, 0.6) is 0 Å². The summed E-state index contributed by atoms with van der Waals surface area (Å²) in [5.41, 5.74) is 1.14. The Morgan fingerprint density at radius 2 is 2.00 bits per heavy atom. The van der Waals surface area contributed by atoms with Crippen molar-refractivity contribution in [2.75, 3.05) is 0 Å². The van der Waals surface area contributed by atoms with Crippen molar-refractivity contribution in [3.8, 4) is 0 Å². The molecule has 6 atom stereocenters. The molecule has 29 heavy (non-hydrogen) atoms.